The predicted octanol–water partition coefficient (Wildman–Crippen LogP) is 1.97. The Morgan fingerprint density at radius 2 is 1.62 bits per heavy atom. The van der Waals surface area contributed by atoms with E-state index >= 15 is 0 Å². The molecule has 18 atom stereocenters. The molecule has 0 aromatic heterocycles. The summed E-state index contributed by atoms with van der Waals surface area (Å²) in [6, 6.07) is -1.12. The lowest BCUT2D eigenvalue weighted by Crippen LogP contribution is -2.60. The second-order valence-electron chi connectivity index (χ2n) is 17.3. The summed E-state index contributed by atoms with van der Waals surface area (Å²) in [6.45, 7) is 19.0. The molecule has 53 heavy (non-hydrogen) atoms. The largest absolute Gasteiger partial charge is 0.390 e. The minimum absolute atomic E-state index is 0.0733. The molecule has 1 amide bonds. The molecule has 2 heterocycles. The maximum Gasteiger partial charge on any atom is 0.225 e. The Morgan fingerprint density at radius 3 is 2.15 bits per heavy atom. The lowest BCUT2D eigenvalue weighted by atomic mass is 9.80. The highest BCUT2D eigenvalue weighted by Gasteiger charge is 2.49. The second-order valence-corrected chi connectivity index (χ2v) is 17.3. The average Bonchev–Trinajstić information content (AvgIpc) is 3.07. The van der Waals surface area contributed by atoms with Crippen molar-refractivity contribution >= 4 is 5.91 Å². The molecule has 2 rings (SSSR count). The van der Waals surface area contributed by atoms with Crippen molar-refractivity contribution in [3.63, 3.8) is 0 Å². The van der Waals surface area contributed by atoms with Crippen molar-refractivity contribution in [2.24, 2.45) is 23.7 Å². The van der Waals surface area contributed by atoms with Crippen molar-refractivity contribution in [3.05, 3.63) is 0 Å². The van der Waals surface area contributed by atoms with Crippen molar-refractivity contribution in [2.75, 3.05) is 41.8 Å². The van der Waals surface area contributed by atoms with Gasteiger partial charge in [0.05, 0.1) is 48.1 Å². The number of aliphatic hydroxyl groups excluding tert-OH is 4. The molecule has 314 valence electrons. The SMILES string of the molecule is CC[C@@H](O)[C@@](C)(O)[C@H](O)[C@@H](C)NC(=O)[C@H](C)[C@@H](O[C@H]1C[C@@](C)(OC)[C@@H](O)[C@H](C)O1)[C@@H](C)[C@H](O[C@@H]1O[C@H](C)C[C@H](N(C)C)[C@H]1O)[C@H](C)C[C@@H](C)CN(C)C. The Morgan fingerprint density at radius 1 is 1.02 bits per heavy atom. The number of aliphatic hydroxyl groups is 5. The van der Waals surface area contributed by atoms with Crippen molar-refractivity contribution in [1.29, 1.82) is 0 Å². The van der Waals surface area contributed by atoms with E-state index in [0.717, 1.165) is 13.0 Å². The quantitative estimate of drug-likeness (QED) is 0.106. The highest BCUT2D eigenvalue weighted by molar-refractivity contribution is 5.79. The topological polar surface area (TPSA) is 183 Å². The monoisotopic (exact) mass is 764 g/mol. The zero-order chi connectivity index (χ0) is 40.7. The summed E-state index contributed by atoms with van der Waals surface area (Å²) in [7, 11) is 9.45. The van der Waals surface area contributed by atoms with Crippen molar-refractivity contribution in [1.82, 2.24) is 15.1 Å². The van der Waals surface area contributed by atoms with Crippen LogP contribution in [0.1, 0.15) is 94.9 Å². The van der Waals surface area contributed by atoms with Gasteiger partial charge in [-0.1, -0.05) is 34.6 Å². The molecule has 2 fully saturated rings. The Bertz CT molecular complexity index is 1100. The van der Waals surface area contributed by atoms with Gasteiger partial charge >= 0.3 is 0 Å². The Kier molecular flexibility index (Phi) is 18.5. The van der Waals surface area contributed by atoms with Gasteiger partial charge in [-0.05, 0) is 93.9 Å². The highest BCUT2D eigenvalue weighted by Crippen LogP contribution is 2.38. The van der Waals surface area contributed by atoms with Crippen molar-refractivity contribution in [3.8, 4) is 0 Å². The van der Waals surface area contributed by atoms with Crippen LogP contribution in [0.15, 0.2) is 0 Å². The van der Waals surface area contributed by atoms with E-state index < -0.39 is 90.3 Å². The summed E-state index contributed by atoms with van der Waals surface area (Å²) in [6.07, 6.45) is -6.69. The summed E-state index contributed by atoms with van der Waals surface area (Å²) in [4.78, 5) is 18.3. The number of amides is 1. The molecule has 0 unspecified atom stereocenters. The van der Waals surface area contributed by atoms with Gasteiger partial charge in [-0.25, -0.2) is 0 Å². The van der Waals surface area contributed by atoms with Gasteiger partial charge < -0.3 is 64.3 Å². The number of nitrogens with zero attached hydrogens (tertiary/aromatic N) is 2. The molecule has 0 saturated carbocycles. The number of carbonyl (C=O) groups excluding carboxylic acids is 1. The third-order valence-corrected chi connectivity index (χ3v) is 11.8. The molecular weight excluding hydrogens is 686 g/mol. The lowest BCUT2D eigenvalue weighted by molar-refractivity contribution is -0.308. The Hall–Kier alpha value is -1.01. The van der Waals surface area contributed by atoms with Crippen LogP contribution in [0.5, 0.6) is 0 Å². The van der Waals surface area contributed by atoms with Crippen molar-refractivity contribution < 1.29 is 54.0 Å². The standard InChI is InChI=1S/C39H77N3O11/c1-16-29(43)39(10,48)34(45)26(7)40-36(47)25(6)33(52-30-19-38(9,49-15)35(46)27(8)51-30)24(5)32(22(3)17-21(2)20-41(11)12)53-37-31(44)28(42(13)14)18-23(4)50-37/h21-35,37,43-46,48H,16-20H2,1-15H3,(H,40,47)/t21-,22-,23-,24+,25-,26-,27+,28+,29-,30+,31-,32-,33+,34-,35+,37+,38-,39-/m1/s1. The van der Waals surface area contributed by atoms with Crippen LogP contribution in [0.25, 0.3) is 0 Å². The smallest absolute Gasteiger partial charge is 0.225 e. The average molecular weight is 764 g/mol. The molecule has 0 aromatic rings. The minimum Gasteiger partial charge on any atom is -0.390 e. The van der Waals surface area contributed by atoms with E-state index in [1.807, 2.05) is 46.9 Å². The van der Waals surface area contributed by atoms with Gasteiger partial charge in [0.25, 0.3) is 0 Å². The first-order chi connectivity index (χ1) is 24.4. The fraction of sp³-hybridized carbons (Fsp3) is 0.974. The molecule has 0 bridgehead atoms. The zero-order valence-electron chi connectivity index (χ0n) is 35.4. The van der Waals surface area contributed by atoms with E-state index in [1.54, 1.807) is 34.6 Å². The number of rotatable bonds is 20. The maximum atomic E-state index is 14.1. The van der Waals surface area contributed by atoms with Crippen molar-refractivity contribution in [2.45, 2.75) is 180 Å². The van der Waals surface area contributed by atoms with Gasteiger partial charge in [0.2, 0.25) is 5.91 Å². The van der Waals surface area contributed by atoms with Crippen LogP contribution in [-0.2, 0) is 28.5 Å². The third kappa shape index (κ3) is 12.5. The molecule has 0 spiro atoms. The van der Waals surface area contributed by atoms with Crippen LogP contribution in [0.4, 0.5) is 0 Å². The van der Waals surface area contributed by atoms with Gasteiger partial charge in [0, 0.05) is 32.0 Å². The summed E-state index contributed by atoms with van der Waals surface area (Å²) >= 11 is 0. The fourth-order valence-electron chi connectivity index (χ4n) is 8.41. The van der Waals surface area contributed by atoms with Crippen LogP contribution < -0.4 is 5.32 Å². The van der Waals surface area contributed by atoms with E-state index in [-0.39, 0.29) is 30.9 Å². The van der Waals surface area contributed by atoms with E-state index in [9.17, 15) is 30.3 Å². The molecule has 2 aliphatic rings. The molecule has 14 nitrogen and oxygen atoms in total. The Balaban J connectivity index is 2.58. The summed E-state index contributed by atoms with van der Waals surface area (Å²) in [5.41, 5.74) is -2.85. The molecule has 0 aliphatic carbocycles. The molecule has 2 saturated heterocycles. The molecule has 2 aliphatic heterocycles. The number of hydrogen-bond donors (Lipinski definition) is 6. The normalized spacial score (nSPS) is 34.7. The van der Waals surface area contributed by atoms with Gasteiger partial charge in [-0.2, -0.15) is 0 Å². The first-order valence-corrected chi connectivity index (χ1v) is 19.6. The van der Waals surface area contributed by atoms with E-state index in [2.05, 4.69) is 24.1 Å². The second kappa shape index (κ2) is 20.4. The number of methoxy groups -OCH3 is 1. The van der Waals surface area contributed by atoms with Crippen LogP contribution in [-0.4, -0.2) is 168 Å². The van der Waals surface area contributed by atoms with Gasteiger partial charge in [-0.15, -0.1) is 0 Å². The number of hydrogen-bond acceptors (Lipinski definition) is 13. The van der Waals surface area contributed by atoms with E-state index in [4.69, 9.17) is 23.7 Å². The molecular formula is C39H77N3O11. The van der Waals surface area contributed by atoms with E-state index in [1.165, 1.54) is 14.0 Å². The number of nitrogens with one attached hydrogen (secondary N) is 1. The first-order valence-electron chi connectivity index (χ1n) is 19.6. The van der Waals surface area contributed by atoms with Gasteiger partial charge in [-0.3, -0.25) is 4.79 Å². The fourth-order valence-corrected chi connectivity index (χ4v) is 8.41. The van der Waals surface area contributed by atoms with Crippen LogP contribution in [0.2, 0.25) is 0 Å². The minimum atomic E-state index is -1.87. The first kappa shape index (κ1) is 48.1. The molecule has 6 N–H and O–H groups in total. The van der Waals surface area contributed by atoms with Gasteiger partial charge in [0.15, 0.2) is 12.6 Å². The molecule has 0 radical (unpaired) electrons. The van der Waals surface area contributed by atoms with E-state index in [0.29, 0.717) is 12.3 Å². The maximum absolute atomic E-state index is 14.1. The van der Waals surface area contributed by atoms with Crippen LogP contribution in [0.3, 0.4) is 0 Å². The number of carbonyl (C=O) groups is 1. The molecule has 0 aromatic carbocycles. The summed E-state index contributed by atoms with van der Waals surface area (Å²) in [5.74, 6) is -1.55. The predicted molar refractivity (Wildman–Crippen MR) is 203 cm³/mol. The summed E-state index contributed by atoms with van der Waals surface area (Å²) < 4.78 is 31.8. The van der Waals surface area contributed by atoms with Crippen LogP contribution >= 0.6 is 0 Å². The number of ether oxygens (including phenoxy) is 5. The lowest BCUT2D eigenvalue weighted by Gasteiger charge is -2.47. The third-order valence-electron chi connectivity index (χ3n) is 11.8. The zero-order valence-corrected chi connectivity index (χ0v) is 35.4. The highest BCUT2D eigenvalue weighted by atomic mass is 16.7. The molecule has 14 heteroatoms. The number of likely N-dealkylation sites (N-methyl/N-ethyl adjacent to an activating group) is 1. The summed E-state index contributed by atoms with van der Waals surface area (Å²) in [5, 5.41) is 57.7. The van der Waals surface area contributed by atoms with Crippen LogP contribution in [0, 0.1) is 23.7 Å². The van der Waals surface area contributed by atoms with Gasteiger partial charge in [0.1, 0.15) is 23.9 Å². The Labute approximate surface area is 319 Å².